The Labute approximate surface area is 171 Å². The van der Waals surface area contributed by atoms with Crippen molar-refractivity contribution >= 4 is 32.5 Å². The Morgan fingerprint density at radius 3 is 2.60 bits per heavy atom. The molecule has 2 aromatic heterocycles. The van der Waals surface area contributed by atoms with Crippen molar-refractivity contribution in [1.82, 2.24) is 19.7 Å². The number of hydrogen-bond donors (Lipinski definition) is 2. The fraction of sp³-hybridized carbons (Fsp3) is 0.100. The number of para-hydroxylation sites is 2. The van der Waals surface area contributed by atoms with Crippen LogP contribution in [-0.2, 0) is 15.6 Å². The molecule has 0 unspecified atom stereocenters. The van der Waals surface area contributed by atoms with Crippen LogP contribution in [0.25, 0.3) is 16.7 Å². The van der Waals surface area contributed by atoms with E-state index in [0.29, 0.717) is 33.5 Å². The first kappa shape index (κ1) is 19.5. The van der Waals surface area contributed by atoms with Crippen LogP contribution < -0.4 is 10.9 Å². The first-order valence-electron chi connectivity index (χ1n) is 8.91. The zero-order chi connectivity index (χ0) is 21.3. The molecule has 0 aliphatic carbocycles. The molecule has 4 aromatic rings. The van der Waals surface area contributed by atoms with Crippen molar-refractivity contribution in [3.05, 3.63) is 82.5 Å². The summed E-state index contributed by atoms with van der Waals surface area (Å²) in [5.74, 6) is -0.452. The number of hydrogen-bond acceptors (Lipinski definition) is 6. The van der Waals surface area contributed by atoms with E-state index in [4.69, 9.17) is 0 Å². The summed E-state index contributed by atoms with van der Waals surface area (Å²) in [7, 11) is -3.15. The Balaban J connectivity index is 1.64. The van der Waals surface area contributed by atoms with Gasteiger partial charge >= 0.3 is 0 Å². The Morgan fingerprint density at radius 2 is 1.87 bits per heavy atom. The van der Waals surface area contributed by atoms with Crippen LogP contribution in [0.5, 0.6) is 0 Å². The molecule has 4 rings (SSSR count). The van der Waals surface area contributed by atoms with E-state index in [0.717, 1.165) is 6.26 Å². The van der Waals surface area contributed by atoms with Crippen LogP contribution in [0.15, 0.2) is 65.8 Å². The van der Waals surface area contributed by atoms with Gasteiger partial charge in [-0.1, -0.05) is 24.3 Å². The zero-order valence-electron chi connectivity index (χ0n) is 15.9. The zero-order valence-corrected chi connectivity index (χ0v) is 16.7. The smallest absolute Gasteiger partial charge is 0.261 e. The molecule has 2 aromatic carbocycles. The van der Waals surface area contributed by atoms with E-state index >= 15 is 0 Å². The van der Waals surface area contributed by atoms with Gasteiger partial charge in [0.1, 0.15) is 5.39 Å². The minimum absolute atomic E-state index is 0.0871. The molecule has 0 bridgehead atoms. The Morgan fingerprint density at radius 1 is 1.13 bits per heavy atom. The molecule has 0 aliphatic heterocycles. The molecule has 0 spiro atoms. The van der Waals surface area contributed by atoms with Crippen molar-refractivity contribution in [3.63, 3.8) is 0 Å². The van der Waals surface area contributed by atoms with Crippen molar-refractivity contribution in [3.8, 4) is 5.69 Å². The molecular formula is C20H17N5O4S. The van der Waals surface area contributed by atoms with Gasteiger partial charge in [0.05, 0.1) is 29.7 Å². The topological polar surface area (TPSA) is 127 Å². The number of anilines is 1. The predicted molar refractivity (Wildman–Crippen MR) is 112 cm³/mol. The van der Waals surface area contributed by atoms with Gasteiger partial charge in [-0.2, -0.15) is 5.10 Å². The quantitative estimate of drug-likeness (QED) is 0.505. The fourth-order valence-corrected chi connectivity index (χ4v) is 3.84. The second-order valence-electron chi connectivity index (χ2n) is 6.76. The third kappa shape index (κ3) is 3.98. The maximum absolute atomic E-state index is 12.7. The van der Waals surface area contributed by atoms with E-state index in [1.807, 2.05) is 0 Å². The van der Waals surface area contributed by atoms with Gasteiger partial charge in [0.25, 0.3) is 11.5 Å². The van der Waals surface area contributed by atoms with Gasteiger partial charge in [-0.05, 0) is 29.8 Å². The number of nitrogens with one attached hydrogen (secondary N) is 2. The lowest BCUT2D eigenvalue weighted by Crippen LogP contribution is -2.14. The van der Waals surface area contributed by atoms with Crippen LogP contribution in [0.3, 0.4) is 0 Å². The van der Waals surface area contributed by atoms with E-state index in [2.05, 4.69) is 20.4 Å². The van der Waals surface area contributed by atoms with Gasteiger partial charge in [0.15, 0.2) is 15.5 Å². The van der Waals surface area contributed by atoms with Gasteiger partial charge in [-0.3, -0.25) is 9.59 Å². The van der Waals surface area contributed by atoms with Crippen molar-refractivity contribution in [1.29, 1.82) is 0 Å². The van der Waals surface area contributed by atoms with Gasteiger partial charge < -0.3 is 10.3 Å². The maximum Gasteiger partial charge on any atom is 0.261 e. The first-order valence-corrected chi connectivity index (χ1v) is 11.0. The first-order chi connectivity index (χ1) is 14.3. The molecule has 0 aliphatic rings. The highest BCUT2D eigenvalue weighted by atomic mass is 32.2. The number of sulfone groups is 1. The highest BCUT2D eigenvalue weighted by Crippen LogP contribution is 2.23. The van der Waals surface area contributed by atoms with E-state index in [1.165, 1.54) is 17.2 Å². The molecule has 2 N–H and O–H groups in total. The van der Waals surface area contributed by atoms with Crippen LogP contribution in [0.2, 0.25) is 0 Å². The second-order valence-corrected chi connectivity index (χ2v) is 8.90. The highest BCUT2D eigenvalue weighted by Gasteiger charge is 2.15. The summed E-state index contributed by atoms with van der Waals surface area (Å²) in [6, 6.07) is 13.4. The molecule has 1 amide bonds. The highest BCUT2D eigenvalue weighted by molar-refractivity contribution is 7.89. The third-order valence-electron chi connectivity index (χ3n) is 4.40. The van der Waals surface area contributed by atoms with E-state index in [-0.39, 0.29) is 17.2 Å². The number of H-pyrrole nitrogens is 1. The Hall–Kier alpha value is -3.79. The number of aromatic nitrogens is 4. The molecule has 0 saturated heterocycles. The van der Waals surface area contributed by atoms with Crippen molar-refractivity contribution in [2.75, 3.05) is 11.6 Å². The standard InChI is InChI=1S/C20H17N5O4S/c1-30(28,29)11-13-6-8-14(9-7-13)19(26)24-16-4-2-3-5-17(16)25-18-15(10-23-25)20(27)22-12-21-18/h2-10,12H,11H2,1H3,(H,24,26)(H,21,22,27). The summed E-state index contributed by atoms with van der Waals surface area (Å²) >= 11 is 0. The largest absolute Gasteiger partial charge is 0.320 e. The van der Waals surface area contributed by atoms with Crippen LogP contribution in [-0.4, -0.2) is 40.3 Å². The molecule has 0 radical (unpaired) electrons. The molecule has 0 saturated carbocycles. The molecule has 0 atom stereocenters. The average Bonchev–Trinajstić information content (AvgIpc) is 3.13. The summed E-state index contributed by atoms with van der Waals surface area (Å²) in [5, 5.41) is 7.40. The number of benzene rings is 2. The molecule has 10 heteroatoms. The fourth-order valence-electron chi connectivity index (χ4n) is 3.05. The number of carbonyl (C=O) groups is 1. The summed E-state index contributed by atoms with van der Waals surface area (Å²) < 4.78 is 24.3. The SMILES string of the molecule is CS(=O)(=O)Cc1ccc(C(=O)Nc2ccccc2-n2ncc3c(=O)[nH]cnc32)cc1. The lowest BCUT2D eigenvalue weighted by molar-refractivity contribution is 0.102. The van der Waals surface area contributed by atoms with Gasteiger partial charge in [0, 0.05) is 11.8 Å². The minimum atomic E-state index is -3.15. The Bertz CT molecular complexity index is 1410. The molecule has 0 fully saturated rings. The van der Waals surface area contributed by atoms with Gasteiger partial charge in [-0.15, -0.1) is 0 Å². The predicted octanol–water partition coefficient (Wildman–Crippen LogP) is 1.91. The normalized spacial score (nSPS) is 11.5. The third-order valence-corrected chi connectivity index (χ3v) is 5.25. The lowest BCUT2D eigenvalue weighted by atomic mass is 10.1. The summed E-state index contributed by atoms with van der Waals surface area (Å²) in [4.78, 5) is 31.3. The summed E-state index contributed by atoms with van der Waals surface area (Å²) in [5.41, 5.74) is 2.07. The molecule has 2 heterocycles. The van der Waals surface area contributed by atoms with Crippen LogP contribution in [0, 0.1) is 0 Å². The van der Waals surface area contributed by atoms with E-state index < -0.39 is 9.84 Å². The van der Waals surface area contributed by atoms with Crippen molar-refractivity contribution in [2.24, 2.45) is 0 Å². The Kier molecular flexibility index (Phi) is 4.92. The summed E-state index contributed by atoms with van der Waals surface area (Å²) in [6.45, 7) is 0. The molecule has 152 valence electrons. The molecular weight excluding hydrogens is 406 g/mol. The van der Waals surface area contributed by atoms with Crippen molar-refractivity contribution < 1.29 is 13.2 Å². The molecule has 30 heavy (non-hydrogen) atoms. The van der Waals surface area contributed by atoms with E-state index in [9.17, 15) is 18.0 Å². The number of carbonyl (C=O) groups excluding carboxylic acids is 1. The van der Waals surface area contributed by atoms with Crippen LogP contribution >= 0.6 is 0 Å². The van der Waals surface area contributed by atoms with Crippen LogP contribution in [0.4, 0.5) is 5.69 Å². The van der Waals surface area contributed by atoms with Gasteiger partial charge in [-0.25, -0.2) is 18.1 Å². The van der Waals surface area contributed by atoms with Gasteiger partial charge in [0.2, 0.25) is 0 Å². The summed E-state index contributed by atoms with van der Waals surface area (Å²) in [6.07, 6.45) is 3.87. The average molecular weight is 423 g/mol. The minimum Gasteiger partial charge on any atom is -0.320 e. The maximum atomic E-state index is 12.7. The van der Waals surface area contributed by atoms with Crippen molar-refractivity contribution in [2.45, 2.75) is 5.75 Å². The second kappa shape index (κ2) is 7.56. The molecule has 9 nitrogen and oxygen atoms in total. The van der Waals surface area contributed by atoms with Crippen LogP contribution in [0.1, 0.15) is 15.9 Å². The number of amides is 1. The lowest BCUT2D eigenvalue weighted by Gasteiger charge is -2.12. The number of nitrogens with zero attached hydrogens (tertiary/aromatic N) is 3. The number of aromatic amines is 1. The van der Waals surface area contributed by atoms with E-state index in [1.54, 1.807) is 48.5 Å². The number of fused-ring (bicyclic) bond motifs is 1. The monoisotopic (exact) mass is 423 g/mol. The number of rotatable bonds is 5.